The van der Waals surface area contributed by atoms with Crippen LogP contribution in [0.4, 0.5) is 0 Å². The Bertz CT molecular complexity index is 526. The minimum atomic E-state index is -0.398. The highest BCUT2D eigenvalue weighted by atomic mass is 16.4. The molecule has 0 aliphatic heterocycles. The largest absolute Gasteiger partial charge is 0.508 e. The van der Waals surface area contributed by atoms with Crippen LogP contribution < -0.4 is 5.63 Å². The number of fused-ring (bicyclic) bond motifs is 1. The van der Waals surface area contributed by atoms with Gasteiger partial charge in [-0.15, -0.1) is 0 Å². The van der Waals surface area contributed by atoms with Crippen LogP contribution in [-0.4, -0.2) is 5.11 Å². The van der Waals surface area contributed by atoms with Gasteiger partial charge in [-0.3, -0.25) is 0 Å². The summed E-state index contributed by atoms with van der Waals surface area (Å²) in [4.78, 5) is 10.9. The predicted octanol–water partition coefficient (Wildman–Crippen LogP) is 2.06. The van der Waals surface area contributed by atoms with Crippen molar-refractivity contribution in [2.75, 3.05) is 0 Å². The smallest absolute Gasteiger partial charge is 0.336 e. The molecule has 0 fully saturated rings. The van der Waals surface area contributed by atoms with E-state index >= 15 is 0 Å². The van der Waals surface area contributed by atoms with Crippen LogP contribution in [0.1, 0.15) is 12.5 Å². The van der Waals surface area contributed by atoms with E-state index in [0.29, 0.717) is 5.58 Å². The van der Waals surface area contributed by atoms with E-state index in [1.54, 1.807) is 12.1 Å². The lowest BCUT2D eigenvalue weighted by molar-refractivity contribution is 0.472. The summed E-state index contributed by atoms with van der Waals surface area (Å²) in [5.74, 6) is 0.128. The molecular weight excluding hydrogens is 180 g/mol. The van der Waals surface area contributed by atoms with Crippen LogP contribution in [0, 0.1) is 0 Å². The lowest BCUT2D eigenvalue weighted by atomic mass is 10.1. The van der Waals surface area contributed by atoms with Gasteiger partial charge in [0.2, 0.25) is 0 Å². The third-order valence-electron chi connectivity index (χ3n) is 2.19. The molecule has 0 saturated carbocycles. The summed E-state index contributed by atoms with van der Waals surface area (Å²) in [6, 6.07) is 6.25. The minimum Gasteiger partial charge on any atom is -0.508 e. The molecule has 0 unspecified atom stereocenters. The number of phenols is 1. The van der Waals surface area contributed by atoms with Gasteiger partial charge in [-0.25, -0.2) is 4.79 Å². The first-order valence-electron chi connectivity index (χ1n) is 4.46. The third-order valence-corrected chi connectivity index (χ3v) is 2.19. The standard InChI is InChI=1S/C11H10O3/c1-2-7-5-8(12)6-10-9(7)3-4-11(13)14-10/h3-6,12H,2H2,1H3. The molecule has 0 radical (unpaired) electrons. The number of aromatic hydroxyl groups is 1. The molecule has 0 spiro atoms. The molecule has 0 amide bonds. The average Bonchev–Trinajstić information content (AvgIpc) is 2.15. The van der Waals surface area contributed by atoms with Gasteiger partial charge in [0.25, 0.3) is 0 Å². The van der Waals surface area contributed by atoms with E-state index in [9.17, 15) is 9.90 Å². The molecule has 3 heteroatoms. The van der Waals surface area contributed by atoms with Crippen LogP contribution in [0.2, 0.25) is 0 Å². The Labute approximate surface area is 80.6 Å². The summed E-state index contributed by atoms with van der Waals surface area (Å²) < 4.78 is 4.97. The maximum atomic E-state index is 10.9. The Hall–Kier alpha value is -1.77. The molecule has 72 valence electrons. The SMILES string of the molecule is CCc1cc(O)cc2oc(=O)ccc12. The summed E-state index contributed by atoms with van der Waals surface area (Å²) in [5.41, 5.74) is 1.02. The number of hydrogen-bond donors (Lipinski definition) is 1. The van der Waals surface area contributed by atoms with Gasteiger partial charge in [0.1, 0.15) is 11.3 Å². The Morgan fingerprint density at radius 2 is 2.14 bits per heavy atom. The summed E-state index contributed by atoms with van der Waals surface area (Å²) in [6.07, 6.45) is 0.790. The zero-order valence-electron chi connectivity index (χ0n) is 7.78. The van der Waals surface area contributed by atoms with Crippen molar-refractivity contribution in [2.45, 2.75) is 13.3 Å². The fraction of sp³-hybridized carbons (Fsp3) is 0.182. The van der Waals surface area contributed by atoms with Crippen LogP contribution in [0.25, 0.3) is 11.0 Å². The molecule has 0 bridgehead atoms. The van der Waals surface area contributed by atoms with E-state index in [0.717, 1.165) is 17.4 Å². The van der Waals surface area contributed by atoms with Gasteiger partial charge in [-0.1, -0.05) is 6.92 Å². The van der Waals surface area contributed by atoms with Crippen molar-refractivity contribution < 1.29 is 9.52 Å². The van der Waals surface area contributed by atoms with Crippen LogP contribution >= 0.6 is 0 Å². The number of benzene rings is 1. The van der Waals surface area contributed by atoms with Crippen LogP contribution in [-0.2, 0) is 6.42 Å². The molecule has 2 aromatic rings. The number of rotatable bonds is 1. The van der Waals surface area contributed by atoms with E-state index in [1.807, 2.05) is 6.92 Å². The van der Waals surface area contributed by atoms with Crippen molar-refractivity contribution in [3.63, 3.8) is 0 Å². The fourth-order valence-corrected chi connectivity index (χ4v) is 1.53. The van der Waals surface area contributed by atoms with Gasteiger partial charge in [0.05, 0.1) is 0 Å². The molecule has 2 rings (SSSR count). The van der Waals surface area contributed by atoms with Gasteiger partial charge >= 0.3 is 5.63 Å². The van der Waals surface area contributed by atoms with E-state index in [4.69, 9.17) is 4.42 Å². The normalized spacial score (nSPS) is 10.6. The summed E-state index contributed by atoms with van der Waals surface area (Å²) in [5, 5.41) is 10.3. The van der Waals surface area contributed by atoms with Crippen LogP contribution in [0.15, 0.2) is 33.5 Å². The zero-order chi connectivity index (χ0) is 10.1. The van der Waals surface area contributed by atoms with E-state index < -0.39 is 5.63 Å². The summed E-state index contributed by atoms with van der Waals surface area (Å²) in [7, 11) is 0. The minimum absolute atomic E-state index is 0.128. The second-order valence-electron chi connectivity index (χ2n) is 3.12. The first kappa shape index (κ1) is 8.81. The van der Waals surface area contributed by atoms with Gasteiger partial charge in [-0.05, 0) is 24.1 Å². The maximum Gasteiger partial charge on any atom is 0.336 e. The van der Waals surface area contributed by atoms with Gasteiger partial charge in [0.15, 0.2) is 0 Å². The molecule has 1 N–H and O–H groups in total. The second-order valence-corrected chi connectivity index (χ2v) is 3.12. The lowest BCUT2D eigenvalue weighted by Crippen LogP contribution is -1.95. The van der Waals surface area contributed by atoms with Crippen molar-refractivity contribution in [2.24, 2.45) is 0 Å². The second kappa shape index (κ2) is 3.18. The molecule has 0 saturated heterocycles. The van der Waals surface area contributed by atoms with Crippen LogP contribution in [0.3, 0.4) is 0 Å². The molecule has 1 aromatic carbocycles. The Morgan fingerprint density at radius 3 is 2.86 bits per heavy atom. The molecule has 0 aliphatic carbocycles. The number of aryl methyl sites for hydroxylation is 1. The van der Waals surface area contributed by atoms with Gasteiger partial charge in [0, 0.05) is 17.5 Å². The van der Waals surface area contributed by atoms with E-state index in [1.165, 1.54) is 12.1 Å². The maximum absolute atomic E-state index is 10.9. The Balaban J connectivity index is 2.87. The topological polar surface area (TPSA) is 50.4 Å². The van der Waals surface area contributed by atoms with Crippen molar-refractivity contribution in [1.29, 1.82) is 0 Å². The summed E-state index contributed by atoms with van der Waals surface area (Å²) in [6.45, 7) is 1.99. The first-order valence-corrected chi connectivity index (χ1v) is 4.46. The Morgan fingerprint density at radius 1 is 1.36 bits per heavy atom. The van der Waals surface area contributed by atoms with Crippen molar-refractivity contribution in [3.05, 3.63) is 40.2 Å². The van der Waals surface area contributed by atoms with Crippen molar-refractivity contribution in [3.8, 4) is 5.75 Å². The molecular formula is C11H10O3. The lowest BCUT2D eigenvalue weighted by Gasteiger charge is -2.03. The van der Waals surface area contributed by atoms with Crippen LogP contribution in [0.5, 0.6) is 5.75 Å². The highest BCUT2D eigenvalue weighted by Gasteiger charge is 2.04. The van der Waals surface area contributed by atoms with Crippen molar-refractivity contribution >= 4 is 11.0 Å². The quantitative estimate of drug-likeness (QED) is 0.700. The van der Waals surface area contributed by atoms with Gasteiger partial charge < -0.3 is 9.52 Å². The molecule has 14 heavy (non-hydrogen) atoms. The number of hydrogen-bond acceptors (Lipinski definition) is 3. The highest BCUT2D eigenvalue weighted by Crippen LogP contribution is 2.23. The Kier molecular flexibility index (Phi) is 2.00. The molecule has 0 atom stereocenters. The fourth-order valence-electron chi connectivity index (χ4n) is 1.53. The first-order chi connectivity index (χ1) is 6.70. The molecule has 1 heterocycles. The third kappa shape index (κ3) is 1.37. The monoisotopic (exact) mass is 190 g/mol. The van der Waals surface area contributed by atoms with E-state index in [-0.39, 0.29) is 5.75 Å². The molecule has 0 aliphatic rings. The molecule has 1 aromatic heterocycles. The van der Waals surface area contributed by atoms with E-state index in [2.05, 4.69) is 0 Å². The zero-order valence-corrected chi connectivity index (χ0v) is 7.78. The predicted molar refractivity (Wildman–Crippen MR) is 53.5 cm³/mol. The van der Waals surface area contributed by atoms with Gasteiger partial charge in [-0.2, -0.15) is 0 Å². The molecule has 3 nitrogen and oxygen atoms in total. The average molecular weight is 190 g/mol. The highest BCUT2D eigenvalue weighted by molar-refractivity contribution is 5.81. The van der Waals surface area contributed by atoms with Crippen molar-refractivity contribution in [1.82, 2.24) is 0 Å². The summed E-state index contributed by atoms with van der Waals surface area (Å²) >= 11 is 0. The number of phenolic OH excluding ortho intramolecular Hbond substituents is 1.